The van der Waals surface area contributed by atoms with Gasteiger partial charge >= 0.3 is 5.97 Å². The van der Waals surface area contributed by atoms with Gasteiger partial charge in [0.25, 0.3) is 0 Å². The van der Waals surface area contributed by atoms with Crippen molar-refractivity contribution in [1.82, 2.24) is 4.98 Å². The molecule has 0 spiro atoms. The van der Waals surface area contributed by atoms with Gasteiger partial charge in [-0.3, -0.25) is 0 Å². The van der Waals surface area contributed by atoms with Crippen molar-refractivity contribution in [2.45, 2.75) is 44.4 Å². The number of hydrogen-bond acceptors (Lipinski definition) is 4. The zero-order valence-electron chi connectivity index (χ0n) is 15.8. The molecule has 1 aliphatic rings. The van der Waals surface area contributed by atoms with E-state index < -0.39 is 5.97 Å². The van der Waals surface area contributed by atoms with Crippen LogP contribution >= 0.6 is 11.3 Å². The number of nitrogens with zero attached hydrogens (tertiary/aromatic N) is 1. The third-order valence-electron chi connectivity index (χ3n) is 5.77. The average Bonchev–Trinajstić information content (AvgIpc) is 3.19. The number of aromatic carboxylic acids is 1. The monoisotopic (exact) mass is 393 g/mol. The Balaban J connectivity index is 1.65. The van der Waals surface area contributed by atoms with Crippen molar-refractivity contribution in [3.63, 3.8) is 0 Å². The van der Waals surface area contributed by atoms with Gasteiger partial charge in [0.1, 0.15) is 10.8 Å². The first kappa shape index (κ1) is 18.7. The van der Waals surface area contributed by atoms with E-state index in [1.165, 1.54) is 19.3 Å². The Morgan fingerprint density at radius 2 is 1.71 bits per heavy atom. The van der Waals surface area contributed by atoms with Gasteiger partial charge in [0.05, 0.1) is 10.4 Å². The summed E-state index contributed by atoms with van der Waals surface area (Å²) in [6.45, 7) is 2.26. The van der Waals surface area contributed by atoms with E-state index >= 15 is 0 Å². The molecular weight excluding hydrogens is 370 g/mol. The molecule has 2 aromatic carbocycles. The third-order valence-corrected chi connectivity index (χ3v) is 6.87. The van der Waals surface area contributed by atoms with Crippen molar-refractivity contribution in [2.24, 2.45) is 0 Å². The van der Waals surface area contributed by atoms with Gasteiger partial charge in [0, 0.05) is 17.3 Å². The molecule has 0 bridgehead atoms. The largest absolute Gasteiger partial charge is 0.508 e. The Morgan fingerprint density at radius 1 is 1.04 bits per heavy atom. The van der Waals surface area contributed by atoms with Gasteiger partial charge in [-0.05, 0) is 54.2 Å². The molecule has 4 rings (SSSR count). The molecule has 1 heterocycles. The second-order valence-electron chi connectivity index (χ2n) is 7.77. The molecule has 0 saturated heterocycles. The van der Waals surface area contributed by atoms with Crippen LogP contribution in [0, 0.1) is 0 Å². The van der Waals surface area contributed by atoms with Crippen LogP contribution in [-0.4, -0.2) is 21.2 Å². The van der Waals surface area contributed by atoms with Gasteiger partial charge in [0.15, 0.2) is 0 Å². The van der Waals surface area contributed by atoms with E-state index in [9.17, 15) is 9.90 Å². The minimum atomic E-state index is -0.931. The van der Waals surface area contributed by atoms with Crippen LogP contribution in [0.25, 0.3) is 21.0 Å². The van der Waals surface area contributed by atoms with Gasteiger partial charge in [-0.2, -0.15) is 0 Å². The highest BCUT2D eigenvalue weighted by atomic mass is 32.1. The second kappa shape index (κ2) is 7.40. The minimum absolute atomic E-state index is 0.0263. The number of carboxylic acid groups (broad SMARTS) is 1. The molecule has 5 heteroatoms. The molecule has 28 heavy (non-hydrogen) atoms. The van der Waals surface area contributed by atoms with Crippen molar-refractivity contribution >= 4 is 17.3 Å². The van der Waals surface area contributed by atoms with Gasteiger partial charge in [-0.15, -0.1) is 11.3 Å². The van der Waals surface area contributed by atoms with Crippen LogP contribution in [0.1, 0.15) is 54.9 Å². The van der Waals surface area contributed by atoms with Crippen molar-refractivity contribution in [3.05, 3.63) is 59.8 Å². The molecule has 0 amide bonds. The van der Waals surface area contributed by atoms with Crippen LogP contribution in [0.5, 0.6) is 5.75 Å². The van der Waals surface area contributed by atoms with Gasteiger partial charge in [0.2, 0.25) is 0 Å². The Morgan fingerprint density at radius 3 is 2.39 bits per heavy atom. The normalized spacial score (nSPS) is 16.0. The van der Waals surface area contributed by atoms with E-state index in [1.807, 2.05) is 12.3 Å². The first-order valence-electron chi connectivity index (χ1n) is 9.60. The molecule has 2 N–H and O–H groups in total. The zero-order chi connectivity index (χ0) is 19.7. The van der Waals surface area contributed by atoms with E-state index in [0.29, 0.717) is 5.75 Å². The van der Waals surface area contributed by atoms with Crippen molar-refractivity contribution in [1.29, 1.82) is 0 Å². The summed E-state index contributed by atoms with van der Waals surface area (Å²) in [5.74, 6) is -0.554. The molecule has 144 valence electrons. The van der Waals surface area contributed by atoms with E-state index in [-0.39, 0.29) is 11.0 Å². The number of phenols is 1. The number of aromatic nitrogens is 1. The number of thiazole rings is 1. The summed E-state index contributed by atoms with van der Waals surface area (Å²) in [5.41, 5.74) is 3.29. The molecule has 1 aliphatic carbocycles. The maximum absolute atomic E-state index is 11.0. The average molecular weight is 394 g/mol. The Bertz CT molecular complexity index is 1000. The molecule has 0 aliphatic heterocycles. The smallest absolute Gasteiger partial charge is 0.335 e. The van der Waals surface area contributed by atoms with Crippen LogP contribution in [0.4, 0.5) is 0 Å². The number of aromatic hydroxyl groups is 1. The number of carboxylic acids is 1. The zero-order valence-corrected chi connectivity index (χ0v) is 16.6. The number of carbonyl (C=O) groups is 1. The third kappa shape index (κ3) is 3.54. The summed E-state index contributed by atoms with van der Waals surface area (Å²) in [7, 11) is 0. The number of rotatable bonds is 4. The highest BCUT2D eigenvalue weighted by molar-refractivity contribution is 7.18. The van der Waals surface area contributed by atoms with Gasteiger partial charge < -0.3 is 10.2 Å². The van der Waals surface area contributed by atoms with Gasteiger partial charge in [-0.1, -0.05) is 38.3 Å². The highest BCUT2D eigenvalue weighted by Gasteiger charge is 2.31. The number of phenolic OH excluding ortho intramolecular Hbond substituents is 1. The first-order valence-corrected chi connectivity index (χ1v) is 10.4. The lowest BCUT2D eigenvalue weighted by atomic mass is 9.70. The maximum Gasteiger partial charge on any atom is 0.335 e. The van der Waals surface area contributed by atoms with Crippen LogP contribution in [0.15, 0.2) is 48.7 Å². The minimum Gasteiger partial charge on any atom is -0.508 e. The lowest BCUT2D eigenvalue weighted by Gasteiger charge is -2.34. The molecule has 0 unspecified atom stereocenters. The summed E-state index contributed by atoms with van der Waals surface area (Å²) in [5, 5.41) is 20.4. The van der Waals surface area contributed by atoms with Crippen molar-refractivity contribution in [2.75, 3.05) is 0 Å². The highest BCUT2D eigenvalue weighted by Crippen LogP contribution is 2.44. The molecule has 4 nitrogen and oxygen atoms in total. The molecule has 1 fully saturated rings. The summed E-state index contributed by atoms with van der Waals surface area (Å²) >= 11 is 1.57. The van der Waals surface area contributed by atoms with Crippen molar-refractivity contribution < 1.29 is 15.0 Å². The van der Waals surface area contributed by atoms with E-state index in [0.717, 1.165) is 39.4 Å². The Labute approximate surface area is 168 Å². The Hall–Kier alpha value is -2.66. The molecule has 1 aromatic heterocycles. The predicted molar refractivity (Wildman–Crippen MR) is 112 cm³/mol. The fourth-order valence-electron chi connectivity index (χ4n) is 4.07. The van der Waals surface area contributed by atoms with Crippen LogP contribution < -0.4 is 0 Å². The molecule has 3 aromatic rings. The van der Waals surface area contributed by atoms with Crippen molar-refractivity contribution in [3.8, 4) is 26.8 Å². The molecule has 0 atom stereocenters. The summed E-state index contributed by atoms with van der Waals surface area (Å²) in [4.78, 5) is 16.6. The molecular formula is C23H23NO3S. The summed E-state index contributed by atoms with van der Waals surface area (Å²) in [6, 6.07) is 12.6. The van der Waals surface area contributed by atoms with E-state index in [4.69, 9.17) is 5.11 Å². The summed E-state index contributed by atoms with van der Waals surface area (Å²) in [6.07, 6.45) is 7.75. The predicted octanol–water partition coefficient (Wildman–Crippen LogP) is 6.10. The lowest BCUT2D eigenvalue weighted by molar-refractivity contribution is 0.0697. The van der Waals surface area contributed by atoms with Crippen LogP contribution in [0.3, 0.4) is 0 Å². The standard InChI is InChI=1S/C23H23NO3S/c1-23(11-3-2-4-12-23)18-13-17(9-10-19(18)25)20-14-24-21(28-20)15-5-7-16(8-6-15)22(26)27/h5-10,13-14,25H,2-4,11-12H2,1H3,(H,26,27). The first-order chi connectivity index (χ1) is 13.5. The topological polar surface area (TPSA) is 70.4 Å². The quantitative estimate of drug-likeness (QED) is 0.561. The number of benzene rings is 2. The van der Waals surface area contributed by atoms with Crippen LogP contribution in [0.2, 0.25) is 0 Å². The molecule has 1 saturated carbocycles. The fourth-order valence-corrected chi connectivity index (χ4v) is 4.99. The van der Waals surface area contributed by atoms with Crippen LogP contribution in [-0.2, 0) is 5.41 Å². The summed E-state index contributed by atoms with van der Waals surface area (Å²) < 4.78 is 0. The lowest BCUT2D eigenvalue weighted by Crippen LogP contribution is -2.25. The molecule has 0 radical (unpaired) electrons. The van der Waals surface area contributed by atoms with Gasteiger partial charge in [-0.25, -0.2) is 9.78 Å². The maximum atomic E-state index is 11.0. The Kier molecular flexibility index (Phi) is 4.94. The SMILES string of the molecule is CC1(c2cc(-c3cnc(-c4ccc(C(=O)O)cc4)s3)ccc2O)CCCCC1. The fraction of sp³-hybridized carbons (Fsp3) is 0.304. The second-order valence-corrected chi connectivity index (χ2v) is 8.80. The number of hydrogen-bond donors (Lipinski definition) is 2. The van der Waals surface area contributed by atoms with E-state index in [1.54, 1.807) is 41.7 Å². The van der Waals surface area contributed by atoms with E-state index in [2.05, 4.69) is 18.0 Å².